The quantitative estimate of drug-likeness (QED) is 0.534. The summed E-state index contributed by atoms with van der Waals surface area (Å²) in [6, 6.07) is 8.67. The van der Waals surface area contributed by atoms with Crippen molar-refractivity contribution in [3.63, 3.8) is 0 Å². The second-order valence-corrected chi connectivity index (χ2v) is 7.37. The number of benzene rings is 1. The maximum Gasteiger partial charge on any atom is 0.277 e. The normalized spacial score (nSPS) is 15.0. The first-order valence-electron chi connectivity index (χ1n) is 8.84. The molecule has 1 aliphatic rings. The fourth-order valence-corrected chi connectivity index (χ4v) is 3.44. The number of aromatic nitrogens is 3. The van der Waals surface area contributed by atoms with Crippen molar-refractivity contribution in [1.82, 2.24) is 14.8 Å². The van der Waals surface area contributed by atoms with Gasteiger partial charge in [-0.15, -0.1) is 0 Å². The number of anilines is 1. The number of ether oxygens (including phenoxy) is 1. The zero-order valence-electron chi connectivity index (χ0n) is 16.2. The molecule has 0 saturated heterocycles. The van der Waals surface area contributed by atoms with Crippen molar-refractivity contribution in [3.8, 4) is 17.7 Å². The van der Waals surface area contributed by atoms with E-state index in [9.17, 15) is 4.79 Å². The van der Waals surface area contributed by atoms with Gasteiger partial charge in [0, 0.05) is 30.1 Å². The third-order valence-electron chi connectivity index (χ3n) is 4.61. The molecule has 0 aliphatic carbocycles. The molecular formula is C21H18Cl2N4O2S. The van der Waals surface area contributed by atoms with Crippen LogP contribution >= 0.6 is 36.7 Å². The van der Waals surface area contributed by atoms with Crippen LogP contribution in [0, 0.1) is 11.8 Å². The van der Waals surface area contributed by atoms with Crippen molar-refractivity contribution in [1.29, 1.82) is 0 Å². The van der Waals surface area contributed by atoms with Crippen LogP contribution in [0.25, 0.3) is 0 Å². The van der Waals surface area contributed by atoms with Crippen LogP contribution < -0.4 is 9.64 Å². The van der Waals surface area contributed by atoms with Gasteiger partial charge in [-0.1, -0.05) is 35.0 Å². The molecular weight excluding hydrogens is 443 g/mol. The van der Waals surface area contributed by atoms with E-state index in [2.05, 4.69) is 21.9 Å². The molecule has 0 saturated carbocycles. The summed E-state index contributed by atoms with van der Waals surface area (Å²) >= 11 is 12.2. The molecule has 0 radical (unpaired) electrons. The second kappa shape index (κ2) is 9.00. The molecule has 1 amide bonds. The molecule has 3 heterocycles. The fourth-order valence-electron chi connectivity index (χ4n) is 3.14. The first-order chi connectivity index (χ1) is 14.0. The molecule has 0 spiro atoms. The Morgan fingerprint density at radius 3 is 2.60 bits per heavy atom. The lowest BCUT2D eigenvalue weighted by atomic mass is 10.1. The number of nitrogens with zero attached hydrogens (tertiary/aromatic N) is 4. The highest BCUT2D eigenvalue weighted by atomic mass is 35.5. The van der Waals surface area contributed by atoms with Crippen LogP contribution in [0.4, 0.5) is 5.69 Å². The molecule has 0 fully saturated rings. The Balaban J connectivity index is 0.00000256. The number of halogens is 2. The van der Waals surface area contributed by atoms with E-state index in [0.29, 0.717) is 45.0 Å². The van der Waals surface area contributed by atoms with E-state index in [-0.39, 0.29) is 25.4 Å². The van der Waals surface area contributed by atoms with E-state index < -0.39 is 0 Å². The molecule has 1 aliphatic heterocycles. The van der Waals surface area contributed by atoms with Gasteiger partial charge in [0.15, 0.2) is 0 Å². The molecule has 1 aromatic carbocycles. The second-order valence-electron chi connectivity index (χ2n) is 6.55. The Morgan fingerprint density at radius 1 is 1.13 bits per heavy atom. The summed E-state index contributed by atoms with van der Waals surface area (Å²) in [4.78, 5) is 19.0. The first kappa shape index (κ1) is 22.0. The van der Waals surface area contributed by atoms with Gasteiger partial charge in [0.2, 0.25) is 5.88 Å². The highest BCUT2D eigenvalue weighted by Crippen LogP contribution is 2.31. The Bertz CT molecular complexity index is 1150. The number of hydrogen-bond donors (Lipinski definition) is 0. The van der Waals surface area contributed by atoms with E-state index >= 15 is 0 Å². The lowest BCUT2D eigenvalue weighted by molar-refractivity contribution is 0.0953. The van der Waals surface area contributed by atoms with Gasteiger partial charge in [0.25, 0.3) is 5.91 Å². The van der Waals surface area contributed by atoms with E-state index in [1.54, 1.807) is 59.4 Å². The Hall–Kier alpha value is -2.66. The third kappa shape index (κ3) is 4.12. The molecule has 0 unspecified atom stereocenters. The smallest absolute Gasteiger partial charge is 0.277 e. The van der Waals surface area contributed by atoms with Crippen LogP contribution in [0.1, 0.15) is 34.6 Å². The van der Waals surface area contributed by atoms with Gasteiger partial charge in [-0.3, -0.25) is 9.48 Å². The number of hydrogen-bond acceptors (Lipinski definition) is 4. The van der Waals surface area contributed by atoms with Crippen molar-refractivity contribution in [2.45, 2.75) is 13.0 Å². The molecule has 0 N–H and O–H groups in total. The summed E-state index contributed by atoms with van der Waals surface area (Å²) in [5, 5.41) is 5.21. The van der Waals surface area contributed by atoms with Gasteiger partial charge in [0.1, 0.15) is 5.69 Å². The minimum absolute atomic E-state index is 0. The molecule has 9 heteroatoms. The minimum atomic E-state index is -0.184. The standard InChI is InChI=1S/C21H16Cl2N4O2.H2S/c1-13-12-26(16-6-7-17(22)18(23)9-16)21(28)20-15(11-25-27(13)20)5-3-14-4-8-19(29-2)24-10-14;/h4,6-11,13H,12H2,1-2H3;1H2/t13-;/m0./s1. The lowest BCUT2D eigenvalue weighted by Crippen LogP contribution is -2.43. The van der Waals surface area contributed by atoms with Crippen molar-refractivity contribution < 1.29 is 9.53 Å². The van der Waals surface area contributed by atoms with Crippen LogP contribution in [0.5, 0.6) is 5.88 Å². The van der Waals surface area contributed by atoms with Crippen molar-refractivity contribution in [3.05, 3.63) is 69.6 Å². The van der Waals surface area contributed by atoms with Gasteiger partial charge in [-0.25, -0.2) is 4.98 Å². The Morgan fingerprint density at radius 2 is 1.93 bits per heavy atom. The van der Waals surface area contributed by atoms with E-state index in [0.717, 1.165) is 0 Å². The number of carbonyl (C=O) groups is 1. The van der Waals surface area contributed by atoms with Crippen molar-refractivity contribution in [2.24, 2.45) is 0 Å². The molecule has 4 rings (SSSR count). The van der Waals surface area contributed by atoms with Crippen LogP contribution in [0.15, 0.2) is 42.7 Å². The zero-order valence-corrected chi connectivity index (χ0v) is 18.7. The maximum absolute atomic E-state index is 13.2. The topological polar surface area (TPSA) is 60.3 Å². The SMILES string of the molecule is COc1ccc(C#Cc2cnn3c2C(=O)N(c2ccc(Cl)c(Cl)c2)C[C@@H]3C)cn1.S. The average molecular weight is 461 g/mol. The fraction of sp³-hybridized carbons (Fsp3) is 0.190. The molecule has 2 aromatic heterocycles. The molecule has 6 nitrogen and oxygen atoms in total. The maximum atomic E-state index is 13.2. The Labute approximate surface area is 191 Å². The highest BCUT2D eigenvalue weighted by Gasteiger charge is 2.33. The number of rotatable bonds is 2. The van der Waals surface area contributed by atoms with Crippen LogP contribution in [0.2, 0.25) is 10.0 Å². The molecule has 0 bridgehead atoms. The molecule has 3 aromatic rings. The molecule has 1 atom stereocenters. The predicted octanol–water partition coefficient (Wildman–Crippen LogP) is 4.33. The summed E-state index contributed by atoms with van der Waals surface area (Å²) in [6.45, 7) is 2.47. The number of methoxy groups -OCH3 is 1. The van der Waals surface area contributed by atoms with Gasteiger partial charge in [-0.2, -0.15) is 18.6 Å². The summed E-state index contributed by atoms with van der Waals surface area (Å²) in [7, 11) is 1.55. The third-order valence-corrected chi connectivity index (χ3v) is 5.35. The van der Waals surface area contributed by atoms with Gasteiger partial charge in [-0.05, 0) is 31.2 Å². The number of pyridine rings is 1. The van der Waals surface area contributed by atoms with Crippen LogP contribution in [-0.2, 0) is 0 Å². The van der Waals surface area contributed by atoms with Gasteiger partial charge >= 0.3 is 0 Å². The number of amides is 1. The summed E-state index contributed by atoms with van der Waals surface area (Å²) in [5.74, 6) is 6.40. The van der Waals surface area contributed by atoms with E-state index in [1.165, 1.54) is 0 Å². The molecule has 30 heavy (non-hydrogen) atoms. The van der Waals surface area contributed by atoms with Gasteiger partial charge in [0.05, 0.1) is 35.0 Å². The Kier molecular flexibility index (Phi) is 6.61. The monoisotopic (exact) mass is 460 g/mol. The minimum Gasteiger partial charge on any atom is -0.481 e. The highest BCUT2D eigenvalue weighted by molar-refractivity contribution is 7.59. The number of carbonyl (C=O) groups excluding carboxylic acids is 1. The average Bonchev–Trinajstić information content (AvgIpc) is 3.16. The van der Waals surface area contributed by atoms with Crippen LogP contribution in [0.3, 0.4) is 0 Å². The van der Waals surface area contributed by atoms with Gasteiger partial charge < -0.3 is 9.64 Å². The largest absolute Gasteiger partial charge is 0.481 e. The first-order valence-corrected chi connectivity index (χ1v) is 9.60. The summed E-state index contributed by atoms with van der Waals surface area (Å²) < 4.78 is 6.76. The van der Waals surface area contributed by atoms with E-state index in [1.807, 2.05) is 6.92 Å². The van der Waals surface area contributed by atoms with Crippen molar-refractivity contribution >= 4 is 48.3 Å². The molecule has 154 valence electrons. The lowest BCUT2D eigenvalue weighted by Gasteiger charge is -2.32. The number of fused-ring (bicyclic) bond motifs is 1. The summed E-state index contributed by atoms with van der Waals surface area (Å²) in [6.07, 6.45) is 3.24. The summed E-state index contributed by atoms with van der Waals surface area (Å²) in [5.41, 5.74) is 2.40. The van der Waals surface area contributed by atoms with Crippen molar-refractivity contribution in [2.75, 3.05) is 18.6 Å². The van der Waals surface area contributed by atoms with E-state index in [4.69, 9.17) is 27.9 Å². The van der Waals surface area contributed by atoms with Crippen LogP contribution in [-0.4, -0.2) is 34.3 Å². The predicted molar refractivity (Wildman–Crippen MR) is 122 cm³/mol. The zero-order chi connectivity index (χ0) is 20.5.